The van der Waals surface area contributed by atoms with Crippen molar-refractivity contribution in [1.82, 2.24) is 9.97 Å². The van der Waals surface area contributed by atoms with E-state index in [1.165, 1.54) is 0 Å². The van der Waals surface area contributed by atoms with Gasteiger partial charge in [-0.3, -0.25) is 0 Å². The fraction of sp³-hybridized carbons (Fsp3) is 0.692. The van der Waals surface area contributed by atoms with Crippen LogP contribution in [0.1, 0.15) is 38.6 Å². The zero-order valence-corrected chi connectivity index (χ0v) is 11.4. The Hall–Kier alpha value is -1.16. The molecule has 1 heterocycles. The average Bonchev–Trinajstić information content (AvgIpc) is 2.29. The molecule has 0 fully saturated rings. The highest BCUT2D eigenvalue weighted by atomic mass is 15.2. The van der Waals surface area contributed by atoms with E-state index >= 15 is 0 Å². The fourth-order valence-electron chi connectivity index (χ4n) is 1.78. The monoisotopic (exact) mass is 236 g/mol. The lowest BCUT2D eigenvalue weighted by Crippen LogP contribution is -2.26. The Labute approximate surface area is 104 Å². The molecule has 1 rings (SSSR count). The number of nitrogens with two attached hydrogens (primary N) is 1. The molecule has 0 aromatic carbocycles. The van der Waals surface area contributed by atoms with Crippen LogP contribution in [0.4, 0.5) is 5.95 Å². The predicted molar refractivity (Wildman–Crippen MR) is 72.3 cm³/mol. The van der Waals surface area contributed by atoms with Gasteiger partial charge < -0.3 is 10.6 Å². The molecule has 0 saturated carbocycles. The summed E-state index contributed by atoms with van der Waals surface area (Å²) in [5.74, 6) is 0.827. The van der Waals surface area contributed by atoms with E-state index in [1.54, 1.807) is 0 Å². The van der Waals surface area contributed by atoms with Gasteiger partial charge in [0.25, 0.3) is 0 Å². The van der Waals surface area contributed by atoms with Crippen molar-refractivity contribution in [3.8, 4) is 0 Å². The van der Waals surface area contributed by atoms with Crippen LogP contribution >= 0.6 is 0 Å². The lowest BCUT2D eigenvalue weighted by Gasteiger charge is -2.20. The minimum Gasteiger partial charge on any atom is -0.341 e. The molecule has 2 N–H and O–H groups in total. The van der Waals surface area contributed by atoms with E-state index in [0.717, 1.165) is 43.3 Å². The van der Waals surface area contributed by atoms with Crippen molar-refractivity contribution >= 4 is 5.95 Å². The molecule has 0 bridgehead atoms. The first kappa shape index (κ1) is 13.9. The van der Waals surface area contributed by atoms with Crippen molar-refractivity contribution in [1.29, 1.82) is 0 Å². The molecule has 0 aliphatic rings. The van der Waals surface area contributed by atoms with E-state index in [0.29, 0.717) is 0 Å². The molecule has 4 heteroatoms. The van der Waals surface area contributed by atoms with Gasteiger partial charge in [-0.25, -0.2) is 9.97 Å². The van der Waals surface area contributed by atoms with Crippen molar-refractivity contribution in [3.05, 3.63) is 17.5 Å². The van der Waals surface area contributed by atoms with Gasteiger partial charge in [-0.15, -0.1) is 0 Å². The molecule has 1 aromatic rings. The molecule has 0 spiro atoms. The smallest absolute Gasteiger partial charge is 0.225 e. The Bertz CT molecular complexity index is 347. The van der Waals surface area contributed by atoms with Gasteiger partial charge in [0.05, 0.1) is 0 Å². The van der Waals surface area contributed by atoms with Crippen LogP contribution in [0.5, 0.6) is 0 Å². The van der Waals surface area contributed by atoms with Crippen LogP contribution < -0.4 is 10.6 Å². The van der Waals surface area contributed by atoms with Gasteiger partial charge in [0.15, 0.2) is 0 Å². The second-order valence-corrected chi connectivity index (χ2v) is 4.35. The maximum absolute atomic E-state index is 5.97. The summed E-state index contributed by atoms with van der Waals surface area (Å²) in [5, 5.41) is 0. The number of hydrogen-bond acceptors (Lipinski definition) is 4. The Morgan fingerprint density at radius 1 is 1.24 bits per heavy atom. The number of anilines is 1. The largest absolute Gasteiger partial charge is 0.341 e. The Morgan fingerprint density at radius 2 is 1.88 bits per heavy atom. The summed E-state index contributed by atoms with van der Waals surface area (Å²) >= 11 is 0. The Balaban J connectivity index is 2.93. The number of rotatable bonds is 6. The van der Waals surface area contributed by atoms with Gasteiger partial charge in [0, 0.05) is 36.9 Å². The highest BCUT2D eigenvalue weighted by Gasteiger charge is 2.09. The number of aromatic nitrogens is 2. The van der Waals surface area contributed by atoms with E-state index in [-0.39, 0.29) is 6.04 Å². The standard InChI is InChI=1S/C13H24N4/c1-5-11(14)9-12-8-10(4)15-13(16-12)17(6-2)7-3/h8,11H,5-7,9,14H2,1-4H3. The number of hydrogen-bond donors (Lipinski definition) is 1. The maximum Gasteiger partial charge on any atom is 0.225 e. The van der Waals surface area contributed by atoms with Crippen molar-refractivity contribution in [2.45, 2.75) is 46.6 Å². The SMILES string of the molecule is CCC(N)Cc1cc(C)nc(N(CC)CC)n1. The lowest BCUT2D eigenvalue weighted by molar-refractivity contribution is 0.633. The summed E-state index contributed by atoms with van der Waals surface area (Å²) in [5.41, 5.74) is 8.04. The molecular formula is C13H24N4. The molecule has 96 valence electrons. The van der Waals surface area contributed by atoms with Crippen molar-refractivity contribution in [3.63, 3.8) is 0 Å². The summed E-state index contributed by atoms with van der Waals surface area (Å²) in [6.07, 6.45) is 1.80. The van der Waals surface area contributed by atoms with Crippen molar-refractivity contribution in [2.75, 3.05) is 18.0 Å². The van der Waals surface area contributed by atoms with Crippen molar-refractivity contribution < 1.29 is 0 Å². The molecular weight excluding hydrogens is 212 g/mol. The Morgan fingerprint density at radius 3 is 2.41 bits per heavy atom. The third-order valence-corrected chi connectivity index (χ3v) is 2.94. The minimum absolute atomic E-state index is 0.189. The van der Waals surface area contributed by atoms with Crippen LogP contribution in [0.2, 0.25) is 0 Å². The molecule has 0 aliphatic heterocycles. The summed E-state index contributed by atoms with van der Waals surface area (Å²) in [7, 11) is 0. The maximum atomic E-state index is 5.97. The summed E-state index contributed by atoms with van der Waals surface area (Å²) in [4.78, 5) is 11.2. The highest BCUT2D eigenvalue weighted by molar-refractivity contribution is 5.32. The number of aryl methyl sites for hydroxylation is 1. The second-order valence-electron chi connectivity index (χ2n) is 4.35. The van der Waals surface area contributed by atoms with E-state index in [4.69, 9.17) is 5.73 Å². The summed E-state index contributed by atoms with van der Waals surface area (Å²) < 4.78 is 0. The van der Waals surface area contributed by atoms with Gasteiger partial charge in [0.1, 0.15) is 0 Å². The fourth-order valence-corrected chi connectivity index (χ4v) is 1.78. The second kappa shape index (κ2) is 6.55. The quantitative estimate of drug-likeness (QED) is 0.819. The molecule has 4 nitrogen and oxygen atoms in total. The van der Waals surface area contributed by atoms with E-state index in [1.807, 2.05) is 13.0 Å². The zero-order chi connectivity index (χ0) is 12.8. The van der Waals surface area contributed by atoms with E-state index in [2.05, 4.69) is 35.6 Å². The highest BCUT2D eigenvalue weighted by Crippen LogP contribution is 2.11. The third kappa shape index (κ3) is 3.97. The topological polar surface area (TPSA) is 55.0 Å². The van der Waals surface area contributed by atoms with E-state index in [9.17, 15) is 0 Å². The van der Waals surface area contributed by atoms with Crippen molar-refractivity contribution in [2.24, 2.45) is 5.73 Å². The van der Waals surface area contributed by atoms with Gasteiger partial charge in [-0.1, -0.05) is 6.92 Å². The molecule has 17 heavy (non-hydrogen) atoms. The molecule has 0 amide bonds. The van der Waals surface area contributed by atoms with Crippen LogP contribution in [0.15, 0.2) is 6.07 Å². The molecule has 0 saturated heterocycles. The van der Waals surface area contributed by atoms with Gasteiger partial charge in [0.2, 0.25) is 5.95 Å². The van der Waals surface area contributed by atoms with Gasteiger partial charge >= 0.3 is 0 Å². The third-order valence-electron chi connectivity index (χ3n) is 2.94. The molecule has 0 aliphatic carbocycles. The van der Waals surface area contributed by atoms with Gasteiger partial charge in [-0.05, 0) is 33.3 Å². The summed E-state index contributed by atoms with van der Waals surface area (Å²) in [6.45, 7) is 10.2. The summed E-state index contributed by atoms with van der Waals surface area (Å²) in [6, 6.07) is 2.22. The van der Waals surface area contributed by atoms with Crippen LogP contribution in [0, 0.1) is 6.92 Å². The minimum atomic E-state index is 0.189. The van der Waals surface area contributed by atoms with Crippen LogP contribution in [0.3, 0.4) is 0 Å². The van der Waals surface area contributed by atoms with E-state index < -0.39 is 0 Å². The zero-order valence-electron chi connectivity index (χ0n) is 11.4. The van der Waals surface area contributed by atoms with Gasteiger partial charge in [-0.2, -0.15) is 0 Å². The molecule has 1 atom stereocenters. The lowest BCUT2D eigenvalue weighted by atomic mass is 10.1. The molecule has 0 radical (unpaired) electrons. The average molecular weight is 236 g/mol. The Kier molecular flexibility index (Phi) is 5.35. The first-order valence-corrected chi connectivity index (χ1v) is 6.45. The first-order chi connectivity index (χ1) is 8.10. The van der Waals surface area contributed by atoms with Crippen LogP contribution in [-0.2, 0) is 6.42 Å². The normalized spacial score (nSPS) is 12.5. The van der Waals surface area contributed by atoms with Crippen LogP contribution in [-0.4, -0.2) is 29.1 Å². The predicted octanol–water partition coefficient (Wildman–Crippen LogP) is 1.91. The number of nitrogens with zero attached hydrogens (tertiary/aromatic N) is 3. The molecule has 1 aromatic heterocycles. The molecule has 1 unspecified atom stereocenters. The first-order valence-electron chi connectivity index (χ1n) is 6.45. The van der Waals surface area contributed by atoms with Crippen LogP contribution in [0.25, 0.3) is 0 Å².